The van der Waals surface area contributed by atoms with Crippen molar-refractivity contribution in [3.8, 4) is 0 Å². The van der Waals surface area contributed by atoms with Crippen molar-refractivity contribution in [1.82, 2.24) is 15.3 Å². The maximum Gasteiger partial charge on any atom is 0.211 e. The number of nitrogens with zero attached hydrogens (tertiary/aromatic N) is 2. The lowest BCUT2D eigenvalue weighted by Gasteiger charge is -2.25. The van der Waals surface area contributed by atoms with Crippen molar-refractivity contribution in [3.05, 3.63) is 41.7 Å². The normalized spacial score (nSPS) is 23.6. The lowest BCUT2D eigenvalue weighted by Crippen LogP contribution is -2.41. The molecule has 1 amide bonds. The Morgan fingerprint density at radius 3 is 2.73 bits per heavy atom. The molecule has 1 aromatic carbocycles. The van der Waals surface area contributed by atoms with Crippen LogP contribution in [0.15, 0.2) is 30.6 Å². The van der Waals surface area contributed by atoms with E-state index in [1.165, 1.54) is 12.7 Å². The number of nitrogens with one attached hydrogen (secondary N) is 4. The molecule has 1 saturated heterocycles. The topological polar surface area (TPSA) is 129 Å². The zero-order chi connectivity index (χ0) is 18.1. The molecule has 2 bridgehead atoms. The fraction of sp³-hybridized carbons (Fsp3) is 0.333. The first-order chi connectivity index (χ1) is 12.7. The van der Waals surface area contributed by atoms with Gasteiger partial charge in [0.05, 0.1) is 11.3 Å². The molecule has 3 atom stereocenters. The van der Waals surface area contributed by atoms with Crippen LogP contribution in [0, 0.1) is 11.3 Å². The van der Waals surface area contributed by atoms with Crippen molar-refractivity contribution in [2.45, 2.75) is 24.9 Å². The molecule has 1 aromatic heterocycles. The first-order valence-electron chi connectivity index (χ1n) is 8.65. The smallest absolute Gasteiger partial charge is 0.211 e. The number of hydrogen-bond acceptors (Lipinski definition) is 7. The molecule has 0 spiro atoms. The quantitative estimate of drug-likeness (QED) is 0.393. The summed E-state index contributed by atoms with van der Waals surface area (Å²) >= 11 is 0. The molecule has 6 N–H and O–H groups in total. The van der Waals surface area contributed by atoms with Gasteiger partial charge in [-0.05, 0) is 37.4 Å². The zero-order valence-electron chi connectivity index (χ0n) is 14.2. The molecule has 2 aliphatic rings. The molecule has 1 saturated carbocycles. The fourth-order valence-corrected chi connectivity index (χ4v) is 3.89. The number of hydrogen-bond donors (Lipinski definition) is 5. The van der Waals surface area contributed by atoms with Gasteiger partial charge in [0.25, 0.3) is 0 Å². The van der Waals surface area contributed by atoms with Crippen LogP contribution < -0.4 is 21.7 Å². The predicted molar refractivity (Wildman–Crippen MR) is 100 cm³/mol. The van der Waals surface area contributed by atoms with Gasteiger partial charge in [0.1, 0.15) is 18.0 Å². The Labute approximate surface area is 151 Å². The standard InChI is InChI=1S/C18H21N7O/c19-16(11-1-3-12(4-2-11)24-9-26)15-17(20)22-8-23-18(15)25-14-6-10-5-13(14)21-7-10/h1-4,8-10,13-14,19,21H,5-7H2,(H,24,26)(H3,20,22,23,25). The summed E-state index contributed by atoms with van der Waals surface area (Å²) in [5.41, 5.74) is 8.18. The molecule has 3 unspecified atom stereocenters. The Bertz CT molecular complexity index is 836. The summed E-state index contributed by atoms with van der Waals surface area (Å²) in [6, 6.07) is 7.74. The number of nitrogens with two attached hydrogens (primary N) is 1. The van der Waals surface area contributed by atoms with Gasteiger partial charge < -0.3 is 21.7 Å². The minimum absolute atomic E-state index is 0.249. The maximum atomic E-state index is 10.5. The van der Waals surface area contributed by atoms with Crippen molar-refractivity contribution >= 4 is 29.4 Å². The van der Waals surface area contributed by atoms with Gasteiger partial charge in [-0.1, -0.05) is 12.1 Å². The van der Waals surface area contributed by atoms with E-state index in [1.807, 2.05) is 0 Å². The van der Waals surface area contributed by atoms with E-state index in [2.05, 4.69) is 25.9 Å². The van der Waals surface area contributed by atoms with Gasteiger partial charge in [-0.2, -0.15) is 0 Å². The molecule has 2 fully saturated rings. The van der Waals surface area contributed by atoms with Gasteiger partial charge in [-0.25, -0.2) is 9.97 Å². The van der Waals surface area contributed by atoms with Crippen molar-refractivity contribution in [2.24, 2.45) is 5.92 Å². The number of amides is 1. The highest BCUT2D eigenvalue weighted by Crippen LogP contribution is 2.34. The number of nitrogen functional groups attached to an aromatic ring is 1. The lowest BCUT2D eigenvalue weighted by molar-refractivity contribution is -0.105. The average molecular weight is 351 g/mol. The highest BCUT2D eigenvalue weighted by Gasteiger charge is 2.39. The Morgan fingerprint density at radius 1 is 1.27 bits per heavy atom. The van der Waals surface area contributed by atoms with Gasteiger partial charge >= 0.3 is 0 Å². The van der Waals surface area contributed by atoms with Gasteiger partial charge in [-0.15, -0.1) is 0 Å². The Hall–Kier alpha value is -3.00. The summed E-state index contributed by atoms with van der Waals surface area (Å²) in [5, 5.41) is 18.2. The van der Waals surface area contributed by atoms with Crippen LogP contribution in [0.2, 0.25) is 0 Å². The van der Waals surface area contributed by atoms with E-state index in [0.717, 1.165) is 13.0 Å². The second-order valence-electron chi connectivity index (χ2n) is 6.80. The molecule has 1 aliphatic heterocycles. The summed E-state index contributed by atoms with van der Waals surface area (Å²) in [6.45, 7) is 1.08. The minimum atomic E-state index is 0.249. The fourth-order valence-electron chi connectivity index (χ4n) is 3.89. The van der Waals surface area contributed by atoms with Crippen molar-refractivity contribution in [1.29, 1.82) is 5.41 Å². The van der Waals surface area contributed by atoms with Gasteiger partial charge in [-0.3, -0.25) is 10.2 Å². The molecule has 1 aliphatic carbocycles. The summed E-state index contributed by atoms with van der Waals surface area (Å²) in [7, 11) is 0. The van der Waals surface area contributed by atoms with E-state index in [-0.39, 0.29) is 17.6 Å². The largest absolute Gasteiger partial charge is 0.383 e. The summed E-state index contributed by atoms with van der Waals surface area (Å²) in [4.78, 5) is 18.9. The number of fused-ring (bicyclic) bond motifs is 2. The van der Waals surface area contributed by atoms with E-state index in [1.54, 1.807) is 24.3 Å². The summed E-state index contributed by atoms with van der Waals surface area (Å²) in [5.74, 6) is 1.58. The molecular weight excluding hydrogens is 330 g/mol. The van der Waals surface area contributed by atoms with Crippen LogP contribution in [0.25, 0.3) is 0 Å². The first-order valence-corrected chi connectivity index (χ1v) is 8.65. The molecule has 2 heterocycles. The molecule has 8 heteroatoms. The molecular formula is C18H21N7O. The number of aromatic nitrogens is 2. The van der Waals surface area contributed by atoms with E-state index >= 15 is 0 Å². The van der Waals surface area contributed by atoms with Gasteiger partial charge in [0.2, 0.25) is 6.41 Å². The average Bonchev–Trinajstić information content (AvgIpc) is 3.25. The summed E-state index contributed by atoms with van der Waals surface area (Å²) in [6.07, 6.45) is 4.32. The first kappa shape index (κ1) is 16.5. The summed E-state index contributed by atoms with van der Waals surface area (Å²) < 4.78 is 0. The van der Waals surface area contributed by atoms with E-state index in [0.29, 0.717) is 41.0 Å². The molecule has 0 radical (unpaired) electrons. The highest BCUT2D eigenvalue weighted by atomic mass is 16.1. The van der Waals surface area contributed by atoms with Gasteiger partial charge in [0, 0.05) is 23.3 Å². The molecule has 134 valence electrons. The number of rotatable bonds is 6. The molecule has 4 rings (SSSR count). The van der Waals surface area contributed by atoms with Crippen LogP contribution >= 0.6 is 0 Å². The van der Waals surface area contributed by atoms with Crippen molar-refractivity contribution in [3.63, 3.8) is 0 Å². The van der Waals surface area contributed by atoms with E-state index in [4.69, 9.17) is 11.1 Å². The van der Waals surface area contributed by atoms with Crippen LogP contribution in [0.5, 0.6) is 0 Å². The monoisotopic (exact) mass is 351 g/mol. The molecule has 8 nitrogen and oxygen atoms in total. The third-order valence-electron chi connectivity index (χ3n) is 5.18. The number of carbonyl (C=O) groups is 1. The lowest BCUT2D eigenvalue weighted by atomic mass is 10.0. The van der Waals surface area contributed by atoms with Crippen LogP contribution in [0.4, 0.5) is 17.3 Å². The van der Waals surface area contributed by atoms with E-state index < -0.39 is 0 Å². The number of anilines is 3. The van der Waals surface area contributed by atoms with Crippen LogP contribution in [0.1, 0.15) is 24.0 Å². The zero-order valence-corrected chi connectivity index (χ0v) is 14.2. The number of piperidine rings is 1. The SMILES string of the molecule is N=C(c1ccc(NC=O)cc1)c1c(N)ncnc1NC1CC2CNC1C2. The van der Waals surface area contributed by atoms with Gasteiger partial charge in [0.15, 0.2) is 0 Å². The number of benzene rings is 1. The Morgan fingerprint density at radius 2 is 2.08 bits per heavy atom. The molecule has 26 heavy (non-hydrogen) atoms. The second kappa shape index (κ2) is 6.72. The third-order valence-corrected chi connectivity index (χ3v) is 5.18. The minimum Gasteiger partial charge on any atom is -0.383 e. The molecule has 2 aromatic rings. The van der Waals surface area contributed by atoms with Crippen LogP contribution in [0.3, 0.4) is 0 Å². The maximum absolute atomic E-state index is 10.5. The van der Waals surface area contributed by atoms with Crippen LogP contribution in [-0.2, 0) is 4.79 Å². The number of carbonyl (C=O) groups excluding carboxylic acids is 1. The second-order valence-corrected chi connectivity index (χ2v) is 6.80. The Balaban J connectivity index is 1.60. The van der Waals surface area contributed by atoms with Crippen molar-refractivity contribution < 1.29 is 4.79 Å². The van der Waals surface area contributed by atoms with Crippen molar-refractivity contribution in [2.75, 3.05) is 22.9 Å². The highest BCUT2D eigenvalue weighted by molar-refractivity contribution is 6.16. The third kappa shape index (κ3) is 2.99. The van der Waals surface area contributed by atoms with E-state index in [9.17, 15) is 4.79 Å². The Kier molecular flexibility index (Phi) is 4.26. The van der Waals surface area contributed by atoms with Crippen LogP contribution in [-0.4, -0.2) is 40.7 Å². The predicted octanol–water partition coefficient (Wildman–Crippen LogP) is 1.21.